The van der Waals surface area contributed by atoms with Crippen molar-refractivity contribution in [1.29, 1.82) is 0 Å². The maximum Gasteiger partial charge on any atom is 0.295 e. The smallest absolute Gasteiger partial charge is 0.295 e. The molecule has 3 aromatic rings. The van der Waals surface area contributed by atoms with Gasteiger partial charge in [-0.1, -0.05) is 29.8 Å². The number of methoxy groups -OCH3 is 1. The number of carbonyl (C=O) groups excluding carboxylic acids is 1. The maximum atomic E-state index is 13.0. The second-order valence-corrected chi connectivity index (χ2v) is 6.85. The van der Waals surface area contributed by atoms with Crippen molar-refractivity contribution in [2.45, 2.75) is 19.5 Å². The molecule has 28 heavy (non-hydrogen) atoms. The summed E-state index contributed by atoms with van der Waals surface area (Å²) < 4.78 is 8.14. The van der Waals surface area contributed by atoms with Crippen LogP contribution in [0.15, 0.2) is 54.1 Å². The van der Waals surface area contributed by atoms with E-state index in [-0.39, 0.29) is 28.8 Å². The summed E-state index contributed by atoms with van der Waals surface area (Å²) in [5.74, 6) is -0.368. The number of amides is 1. The summed E-state index contributed by atoms with van der Waals surface area (Å²) in [6.45, 7) is 6.23. The zero-order chi connectivity index (χ0) is 20.3. The monoisotopic (exact) mass is 400 g/mol. The van der Waals surface area contributed by atoms with Crippen LogP contribution in [0.2, 0.25) is 5.02 Å². The minimum atomic E-state index is -0.368. The molecule has 1 atom stereocenters. The van der Waals surface area contributed by atoms with Gasteiger partial charge in [-0.05, 0) is 19.1 Å². The van der Waals surface area contributed by atoms with E-state index in [2.05, 4.69) is 16.9 Å². The Morgan fingerprint density at radius 2 is 2.21 bits per heavy atom. The fourth-order valence-electron chi connectivity index (χ4n) is 2.97. The zero-order valence-corrected chi connectivity index (χ0v) is 16.4. The molecule has 1 aromatic carbocycles. The van der Waals surface area contributed by atoms with Crippen molar-refractivity contribution in [3.63, 3.8) is 0 Å². The molecule has 146 valence electrons. The first-order chi connectivity index (χ1) is 13.4. The molecule has 2 aromatic heterocycles. The van der Waals surface area contributed by atoms with Crippen molar-refractivity contribution in [3.8, 4) is 11.3 Å². The van der Waals surface area contributed by atoms with E-state index in [4.69, 9.17) is 16.3 Å². The van der Waals surface area contributed by atoms with Crippen LogP contribution in [-0.2, 0) is 11.3 Å². The molecule has 8 heteroatoms. The SMILES string of the molecule is C=CCn1c(-c2cccc(Cl)c2)cn2cc(C(=O)N[C@H](C)COC)nc2c1=O. The van der Waals surface area contributed by atoms with Crippen LogP contribution in [0.3, 0.4) is 0 Å². The third-order valence-electron chi connectivity index (χ3n) is 4.18. The highest BCUT2D eigenvalue weighted by molar-refractivity contribution is 6.30. The fourth-order valence-corrected chi connectivity index (χ4v) is 3.16. The number of rotatable bonds is 7. The highest BCUT2D eigenvalue weighted by Gasteiger charge is 2.18. The predicted octanol–water partition coefficient (Wildman–Crippen LogP) is 2.77. The number of allylic oxidation sites excluding steroid dienone is 1. The Kier molecular flexibility index (Phi) is 5.96. The van der Waals surface area contributed by atoms with Crippen molar-refractivity contribution in [1.82, 2.24) is 19.3 Å². The zero-order valence-electron chi connectivity index (χ0n) is 15.7. The Balaban J connectivity index is 2.10. The molecule has 0 saturated heterocycles. The van der Waals surface area contributed by atoms with E-state index >= 15 is 0 Å². The van der Waals surface area contributed by atoms with Gasteiger partial charge >= 0.3 is 0 Å². The van der Waals surface area contributed by atoms with Crippen LogP contribution in [0.1, 0.15) is 17.4 Å². The molecule has 2 heterocycles. The predicted molar refractivity (Wildman–Crippen MR) is 109 cm³/mol. The first-order valence-corrected chi connectivity index (χ1v) is 9.11. The standard InChI is InChI=1S/C20H21ClN4O3/c1-4-8-25-17(14-6-5-7-15(21)9-14)11-24-10-16(23-18(24)20(25)27)19(26)22-13(2)12-28-3/h4-7,9-11,13H,1,8,12H2,2-3H3,(H,22,26)/t13-/m1/s1. The highest BCUT2D eigenvalue weighted by Crippen LogP contribution is 2.22. The van der Waals surface area contributed by atoms with Crippen LogP contribution in [0, 0.1) is 0 Å². The van der Waals surface area contributed by atoms with Gasteiger partial charge in [0.05, 0.1) is 12.3 Å². The second-order valence-electron chi connectivity index (χ2n) is 6.42. The molecular formula is C20H21ClN4O3. The van der Waals surface area contributed by atoms with Gasteiger partial charge in [0, 0.05) is 42.7 Å². The third-order valence-corrected chi connectivity index (χ3v) is 4.41. The lowest BCUT2D eigenvalue weighted by Gasteiger charge is -2.12. The number of nitrogens with one attached hydrogen (secondary N) is 1. The van der Waals surface area contributed by atoms with Gasteiger partial charge in [0.15, 0.2) is 0 Å². The number of ether oxygens (including phenoxy) is 1. The summed E-state index contributed by atoms with van der Waals surface area (Å²) in [6.07, 6.45) is 4.93. The van der Waals surface area contributed by atoms with E-state index in [9.17, 15) is 9.59 Å². The maximum absolute atomic E-state index is 13.0. The first kappa shape index (κ1) is 19.9. The lowest BCUT2D eigenvalue weighted by Crippen LogP contribution is -2.35. The summed E-state index contributed by atoms with van der Waals surface area (Å²) in [5, 5.41) is 3.35. The quantitative estimate of drug-likeness (QED) is 0.618. The Morgan fingerprint density at radius 1 is 1.43 bits per heavy atom. The number of hydrogen-bond acceptors (Lipinski definition) is 4. The Morgan fingerprint density at radius 3 is 2.89 bits per heavy atom. The Labute approximate surface area is 167 Å². The van der Waals surface area contributed by atoms with E-state index in [0.717, 1.165) is 5.56 Å². The lowest BCUT2D eigenvalue weighted by molar-refractivity contribution is 0.0901. The van der Waals surface area contributed by atoms with Gasteiger partial charge < -0.3 is 10.1 Å². The molecule has 0 unspecified atom stereocenters. The molecule has 0 aliphatic carbocycles. The van der Waals surface area contributed by atoms with E-state index in [1.165, 1.54) is 6.20 Å². The normalized spacial score (nSPS) is 12.1. The third kappa shape index (κ3) is 4.00. The second kappa shape index (κ2) is 8.41. The molecule has 0 bridgehead atoms. The molecule has 7 nitrogen and oxygen atoms in total. The summed E-state index contributed by atoms with van der Waals surface area (Å²) in [6, 6.07) is 7.04. The average molecular weight is 401 g/mol. The van der Waals surface area contributed by atoms with Gasteiger partial charge in [-0.15, -0.1) is 6.58 Å². The van der Waals surface area contributed by atoms with E-state index in [1.807, 2.05) is 19.1 Å². The van der Waals surface area contributed by atoms with E-state index in [1.54, 1.807) is 40.5 Å². The Hall–Kier alpha value is -2.90. The highest BCUT2D eigenvalue weighted by atomic mass is 35.5. The number of nitrogens with zero attached hydrogens (tertiary/aromatic N) is 3. The largest absolute Gasteiger partial charge is 0.383 e. The topological polar surface area (TPSA) is 77.6 Å². The minimum absolute atomic E-state index is 0.161. The molecule has 0 radical (unpaired) electrons. The summed E-state index contributed by atoms with van der Waals surface area (Å²) >= 11 is 6.11. The van der Waals surface area contributed by atoms with Crippen molar-refractivity contribution in [2.75, 3.05) is 13.7 Å². The van der Waals surface area contributed by atoms with Crippen molar-refractivity contribution in [2.24, 2.45) is 0 Å². The van der Waals surface area contributed by atoms with Crippen molar-refractivity contribution >= 4 is 23.2 Å². The summed E-state index contributed by atoms with van der Waals surface area (Å²) in [7, 11) is 1.56. The molecule has 0 spiro atoms. The fraction of sp³-hybridized carbons (Fsp3) is 0.250. The van der Waals surface area contributed by atoms with Crippen LogP contribution in [0.5, 0.6) is 0 Å². The lowest BCUT2D eigenvalue weighted by atomic mass is 10.1. The molecule has 3 rings (SSSR count). The molecular weight excluding hydrogens is 380 g/mol. The number of halogens is 1. The van der Waals surface area contributed by atoms with Crippen LogP contribution in [-0.4, -0.2) is 39.6 Å². The van der Waals surface area contributed by atoms with Crippen LogP contribution in [0.25, 0.3) is 16.9 Å². The first-order valence-electron chi connectivity index (χ1n) is 8.73. The van der Waals surface area contributed by atoms with Gasteiger partial charge in [0.25, 0.3) is 11.5 Å². The van der Waals surface area contributed by atoms with Gasteiger partial charge in [-0.25, -0.2) is 4.98 Å². The van der Waals surface area contributed by atoms with Gasteiger partial charge in [-0.3, -0.25) is 18.6 Å². The van der Waals surface area contributed by atoms with Gasteiger partial charge in [0.1, 0.15) is 5.69 Å². The summed E-state index contributed by atoms with van der Waals surface area (Å²) in [5.41, 5.74) is 1.44. The average Bonchev–Trinajstić information content (AvgIpc) is 3.09. The molecule has 1 N–H and O–H groups in total. The number of aromatic nitrogens is 3. The van der Waals surface area contributed by atoms with Gasteiger partial charge in [0.2, 0.25) is 5.65 Å². The van der Waals surface area contributed by atoms with Crippen LogP contribution in [0.4, 0.5) is 0 Å². The number of imidazole rings is 1. The molecule has 0 fully saturated rings. The minimum Gasteiger partial charge on any atom is -0.383 e. The molecule has 0 aliphatic heterocycles. The van der Waals surface area contributed by atoms with Crippen molar-refractivity contribution < 1.29 is 9.53 Å². The number of benzene rings is 1. The van der Waals surface area contributed by atoms with E-state index in [0.29, 0.717) is 23.9 Å². The molecule has 0 aliphatic rings. The van der Waals surface area contributed by atoms with Crippen LogP contribution < -0.4 is 10.9 Å². The number of fused-ring (bicyclic) bond motifs is 1. The molecule has 0 saturated carbocycles. The number of carbonyl (C=O) groups is 1. The number of hydrogen-bond donors (Lipinski definition) is 1. The summed E-state index contributed by atoms with van der Waals surface area (Å²) in [4.78, 5) is 29.7. The van der Waals surface area contributed by atoms with Gasteiger partial charge in [-0.2, -0.15) is 0 Å². The van der Waals surface area contributed by atoms with E-state index < -0.39 is 0 Å². The van der Waals surface area contributed by atoms with Crippen molar-refractivity contribution in [3.05, 3.63) is 70.4 Å². The molecule has 1 amide bonds. The Bertz CT molecular complexity index is 1090. The van der Waals surface area contributed by atoms with Crippen LogP contribution >= 0.6 is 11.6 Å².